The molecule has 0 saturated carbocycles. The minimum absolute atomic E-state index is 0.307. The molecule has 1 unspecified atom stereocenters. The normalized spacial score (nSPS) is 18.2. The Hall–Kier alpha value is -2.62. The first-order valence-corrected chi connectivity index (χ1v) is 10.5. The molecule has 3 aromatic rings. The van der Waals surface area contributed by atoms with Crippen LogP contribution in [0.3, 0.4) is 0 Å². The molecule has 0 aliphatic heterocycles. The van der Waals surface area contributed by atoms with Gasteiger partial charge < -0.3 is 15.2 Å². The van der Waals surface area contributed by atoms with Crippen LogP contribution in [0.1, 0.15) is 41.2 Å². The predicted molar refractivity (Wildman–Crippen MR) is 117 cm³/mol. The second-order valence-electron chi connectivity index (χ2n) is 7.83. The minimum Gasteiger partial charge on any atom is -0.489 e. The lowest BCUT2D eigenvalue weighted by molar-refractivity contribution is 0.0883. The molecular formula is C26H29NO2. The summed E-state index contributed by atoms with van der Waals surface area (Å²) in [5, 5.41) is 14.4. The summed E-state index contributed by atoms with van der Waals surface area (Å²) < 4.78 is 5.95. The Kier molecular flexibility index (Phi) is 6.60. The van der Waals surface area contributed by atoms with Gasteiger partial charge in [0.25, 0.3) is 0 Å². The second-order valence-corrected chi connectivity index (χ2v) is 7.83. The van der Waals surface area contributed by atoms with E-state index in [9.17, 15) is 5.11 Å². The van der Waals surface area contributed by atoms with Crippen molar-refractivity contribution >= 4 is 0 Å². The zero-order chi connectivity index (χ0) is 19.9. The third kappa shape index (κ3) is 5.26. The predicted octanol–water partition coefficient (Wildman–Crippen LogP) is 5.04. The molecule has 0 spiro atoms. The first-order valence-electron chi connectivity index (χ1n) is 10.5. The van der Waals surface area contributed by atoms with E-state index in [-0.39, 0.29) is 6.10 Å². The molecule has 0 bridgehead atoms. The lowest BCUT2D eigenvalue weighted by atomic mass is 9.80. The van der Waals surface area contributed by atoms with Crippen LogP contribution < -0.4 is 10.1 Å². The number of benzene rings is 3. The van der Waals surface area contributed by atoms with Gasteiger partial charge in [0.15, 0.2) is 0 Å². The summed E-state index contributed by atoms with van der Waals surface area (Å²) in [6.07, 6.45) is 2.61. The molecule has 0 aromatic heterocycles. The van der Waals surface area contributed by atoms with Crippen molar-refractivity contribution < 1.29 is 9.84 Å². The summed E-state index contributed by atoms with van der Waals surface area (Å²) in [6.45, 7) is 2.37. The molecule has 3 heteroatoms. The third-order valence-electron chi connectivity index (χ3n) is 5.78. The van der Waals surface area contributed by atoms with E-state index in [1.54, 1.807) is 0 Å². The summed E-state index contributed by atoms with van der Waals surface area (Å²) >= 11 is 0. The number of hydrogen-bond donors (Lipinski definition) is 2. The van der Waals surface area contributed by atoms with Crippen molar-refractivity contribution in [1.29, 1.82) is 0 Å². The fraction of sp³-hybridized carbons (Fsp3) is 0.308. The molecule has 150 valence electrons. The molecule has 1 aliphatic carbocycles. The van der Waals surface area contributed by atoms with Gasteiger partial charge in [0, 0.05) is 6.54 Å². The number of hydrogen-bond acceptors (Lipinski definition) is 3. The molecule has 0 radical (unpaired) electrons. The highest BCUT2D eigenvalue weighted by molar-refractivity contribution is 5.39. The van der Waals surface area contributed by atoms with Gasteiger partial charge in [-0.05, 0) is 66.1 Å². The molecule has 0 amide bonds. The number of ether oxygens (including phenoxy) is 1. The van der Waals surface area contributed by atoms with Crippen LogP contribution in [-0.4, -0.2) is 11.7 Å². The van der Waals surface area contributed by atoms with E-state index < -0.39 is 0 Å². The smallest absolute Gasteiger partial charge is 0.120 e. The van der Waals surface area contributed by atoms with Crippen molar-refractivity contribution in [2.45, 2.75) is 38.5 Å². The van der Waals surface area contributed by atoms with Gasteiger partial charge in [-0.15, -0.1) is 0 Å². The highest BCUT2D eigenvalue weighted by Gasteiger charge is 2.27. The van der Waals surface area contributed by atoms with Crippen LogP contribution in [0.2, 0.25) is 0 Å². The van der Waals surface area contributed by atoms with E-state index in [4.69, 9.17) is 4.74 Å². The Morgan fingerprint density at radius 1 is 0.897 bits per heavy atom. The molecular weight excluding hydrogens is 358 g/mol. The maximum atomic E-state index is 10.9. The van der Waals surface area contributed by atoms with E-state index in [2.05, 4.69) is 47.8 Å². The van der Waals surface area contributed by atoms with Gasteiger partial charge in [0.05, 0.1) is 6.10 Å². The summed E-state index contributed by atoms with van der Waals surface area (Å²) in [6, 6.07) is 26.8. The number of aliphatic hydroxyl groups is 1. The molecule has 3 nitrogen and oxygen atoms in total. The molecule has 29 heavy (non-hydrogen) atoms. The zero-order valence-electron chi connectivity index (χ0n) is 16.8. The molecule has 1 aliphatic rings. The third-order valence-corrected chi connectivity index (χ3v) is 5.78. The van der Waals surface area contributed by atoms with Crippen molar-refractivity contribution in [2.75, 3.05) is 6.54 Å². The monoisotopic (exact) mass is 387 g/mol. The lowest BCUT2D eigenvalue weighted by Crippen LogP contribution is -2.25. The number of nitrogens with one attached hydrogen (secondary N) is 1. The summed E-state index contributed by atoms with van der Waals surface area (Å²) in [4.78, 5) is 0. The van der Waals surface area contributed by atoms with Gasteiger partial charge in [-0.2, -0.15) is 0 Å². The van der Waals surface area contributed by atoms with Gasteiger partial charge in [-0.25, -0.2) is 0 Å². The maximum absolute atomic E-state index is 10.9. The average Bonchev–Trinajstić information content (AvgIpc) is 2.78. The minimum atomic E-state index is -0.388. The summed E-state index contributed by atoms with van der Waals surface area (Å²) in [5.74, 6) is 1.18. The van der Waals surface area contributed by atoms with Crippen molar-refractivity contribution in [3.63, 3.8) is 0 Å². The number of rotatable bonds is 8. The molecule has 2 atom stereocenters. The molecule has 4 rings (SSSR count). The van der Waals surface area contributed by atoms with Gasteiger partial charge in [0.2, 0.25) is 0 Å². The van der Waals surface area contributed by atoms with Crippen LogP contribution in [0, 0.1) is 5.92 Å². The van der Waals surface area contributed by atoms with E-state index in [1.807, 2.05) is 36.4 Å². The fourth-order valence-electron chi connectivity index (χ4n) is 4.09. The lowest BCUT2D eigenvalue weighted by Gasteiger charge is -2.30. The zero-order valence-corrected chi connectivity index (χ0v) is 16.8. The summed E-state index contributed by atoms with van der Waals surface area (Å²) in [7, 11) is 0. The quantitative estimate of drug-likeness (QED) is 0.532. The van der Waals surface area contributed by atoms with E-state index in [0.29, 0.717) is 12.5 Å². The molecule has 2 N–H and O–H groups in total. The van der Waals surface area contributed by atoms with Gasteiger partial charge in [-0.1, -0.05) is 66.7 Å². The van der Waals surface area contributed by atoms with Crippen molar-refractivity contribution in [3.05, 3.63) is 101 Å². The van der Waals surface area contributed by atoms with E-state index in [1.165, 1.54) is 11.1 Å². The average molecular weight is 388 g/mol. The summed E-state index contributed by atoms with van der Waals surface area (Å²) in [5.41, 5.74) is 4.74. The molecule has 3 aromatic carbocycles. The number of fused-ring (bicyclic) bond motifs is 1. The van der Waals surface area contributed by atoms with Gasteiger partial charge in [-0.3, -0.25) is 0 Å². The second kappa shape index (κ2) is 9.73. The van der Waals surface area contributed by atoms with Crippen LogP contribution in [0.25, 0.3) is 0 Å². The van der Waals surface area contributed by atoms with Crippen LogP contribution in [0.15, 0.2) is 78.9 Å². The Morgan fingerprint density at radius 2 is 1.62 bits per heavy atom. The van der Waals surface area contributed by atoms with Crippen molar-refractivity contribution in [2.24, 2.45) is 5.92 Å². The van der Waals surface area contributed by atoms with Crippen LogP contribution in [0.4, 0.5) is 0 Å². The van der Waals surface area contributed by atoms with Crippen LogP contribution in [-0.2, 0) is 19.6 Å². The first kappa shape index (κ1) is 19.7. The fourth-order valence-corrected chi connectivity index (χ4v) is 4.09. The number of aliphatic hydroxyl groups excluding tert-OH is 1. The topological polar surface area (TPSA) is 41.5 Å². The Balaban J connectivity index is 1.29. The Morgan fingerprint density at radius 3 is 2.38 bits per heavy atom. The molecule has 0 heterocycles. The SMILES string of the molecule is OC1c2ccc(OCc3ccccc3)cc2CC[C@H]1CCNCc1ccccc1. The highest BCUT2D eigenvalue weighted by atomic mass is 16.5. The molecule has 0 saturated heterocycles. The first-order chi connectivity index (χ1) is 14.3. The molecule has 0 fully saturated rings. The largest absolute Gasteiger partial charge is 0.489 e. The van der Waals surface area contributed by atoms with Crippen molar-refractivity contribution in [3.8, 4) is 5.75 Å². The Labute approximate surface area is 173 Å². The van der Waals surface area contributed by atoms with Crippen LogP contribution >= 0.6 is 0 Å². The standard InChI is InChI=1S/C26H29NO2/c28-26-22(15-16-27-18-20-7-3-1-4-8-20)11-12-23-17-24(13-14-25(23)26)29-19-21-9-5-2-6-10-21/h1-10,13-14,17,22,26-28H,11-12,15-16,18-19H2/t22-,26?/m0/s1. The van der Waals surface area contributed by atoms with Gasteiger partial charge in [0.1, 0.15) is 12.4 Å². The maximum Gasteiger partial charge on any atom is 0.120 e. The highest BCUT2D eigenvalue weighted by Crippen LogP contribution is 2.37. The Bertz CT molecular complexity index is 895. The van der Waals surface area contributed by atoms with E-state index >= 15 is 0 Å². The van der Waals surface area contributed by atoms with E-state index in [0.717, 1.165) is 49.2 Å². The number of aryl methyl sites for hydroxylation is 1. The van der Waals surface area contributed by atoms with Gasteiger partial charge >= 0.3 is 0 Å². The van der Waals surface area contributed by atoms with Crippen molar-refractivity contribution in [1.82, 2.24) is 5.32 Å². The van der Waals surface area contributed by atoms with Crippen LogP contribution in [0.5, 0.6) is 5.75 Å².